The first-order valence-electron chi connectivity index (χ1n) is 9.67. The lowest BCUT2D eigenvalue weighted by Gasteiger charge is -2.34. The minimum atomic E-state index is -0.344. The molecule has 152 valence electrons. The molecular formula is C22H25N3O4. The largest absolute Gasteiger partial charge is 0.450 e. The van der Waals surface area contributed by atoms with E-state index in [0.717, 1.165) is 11.3 Å². The molecule has 7 nitrogen and oxygen atoms in total. The maximum absolute atomic E-state index is 12.7. The molecule has 1 saturated heterocycles. The number of aryl methyl sites for hydroxylation is 1. The Kier molecular flexibility index (Phi) is 6.49. The fourth-order valence-corrected chi connectivity index (χ4v) is 3.09. The molecule has 1 heterocycles. The van der Waals surface area contributed by atoms with Crippen molar-refractivity contribution in [3.8, 4) is 0 Å². The molecule has 0 atom stereocenters. The molecule has 3 rings (SSSR count). The second kappa shape index (κ2) is 9.23. The maximum atomic E-state index is 12.7. The van der Waals surface area contributed by atoms with E-state index in [4.69, 9.17) is 4.74 Å². The van der Waals surface area contributed by atoms with E-state index in [1.54, 1.807) is 41.0 Å². The van der Waals surface area contributed by atoms with Crippen LogP contribution in [0.5, 0.6) is 0 Å². The summed E-state index contributed by atoms with van der Waals surface area (Å²) in [7, 11) is 0. The van der Waals surface area contributed by atoms with Crippen molar-refractivity contribution >= 4 is 23.6 Å². The number of anilines is 1. The van der Waals surface area contributed by atoms with Crippen LogP contribution in [-0.4, -0.2) is 60.5 Å². The second-order valence-electron chi connectivity index (χ2n) is 6.88. The van der Waals surface area contributed by atoms with Gasteiger partial charge in [-0.3, -0.25) is 9.59 Å². The lowest BCUT2D eigenvalue weighted by molar-refractivity contribution is 0.0570. The summed E-state index contributed by atoms with van der Waals surface area (Å²) in [5, 5.41) is 2.84. The Morgan fingerprint density at radius 3 is 2.00 bits per heavy atom. The van der Waals surface area contributed by atoms with Gasteiger partial charge in [-0.1, -0.05) is 17.7 Å². The summed E-state index contributed by atoms with van der Waals surface area (Å²) in [6, 6.07) is 14.2. The fraction of sp³-hybridized carbons (Fsp3) is 0.318. The van der Waals surface area contributed by atoms with Gasteiger partial charge < -0.3 is 19.9 Å². The van der Waals surface area contributed by atoms with E-state index in [9.17, 15) is 14.4 Å². The molecule has 0 aromatic heterocycles. The monoisotopic (exact) mass is 395 g/mol. The molecule has 1 fully saturated rings. The number of amides is 3. The molecule has 0 spiro atoms. The number of benzene rings is 2. The Labute approximate surface area is 170 Å². The van der Waals surface area contributed by atoms with Crippen molar-refractivity contribution in [1.29, 1.82) is 0 Å². The summed E-state index contributed by atoms with van der Waals surface area (Å²) in [6.45, 7) is 5.88. The zero-order valence-electron chi connectivity index (χ0n) is 16.7. The van der Waals surface area contributed by atoms with Crippen molar-refractivity contribution in [2.24, 2.45) is 0 Å². The van der Waals surface area contributed by atoms with E-state index in [1.807, 2.05) is 31.2 Å². The number of hydrogen-bond donors (Lipinski definition) is 1. The molecule has 0 bridgehead atoms. The normalized spacial score (nSPS) is 13.7. The molecule has 0 aliphatic carbocycles. The smallest absolute Gasteiger partial charge is 0.409 e. The summed E-state index contributed by atoms with van der Waals surface area (Å²) < 4.78 is 4.99. The molecule has 1 N–H and O–H groups in total. The highest BCUT2D eigenvalue weighted by Crippen LogP contribution is 2.14. The first-order chi connectivity index (χ1) is 14.0. The first-order valence-corrected chi connectivity index (χ1v) is 9.67. The highest BCUT2D eigenvalue weighted by Gasteiger charge is 2.25. The fourth-order valence-electron chi connectivity index (χ4n) is 3.09. The Hall–Kier alpha value is -3.35. The first kappa shape index (κ1) is 20.4. The van der Waals surface area contributed by atoms with Gasteiger partial charge >= 0.3 is 6.09 Å². The lowest BCUT2D eigenvalue weighted by Crippen LogP contribution is -2.50. The van der Waals surface area contributed by atoms with Crippen LogP contribution in [0.25, 0.3) is 0 Å². The van der Waals surface area contributed by atoms with Crippen LogP contribution < -0.4 is 5.32 Å². The average Bonchev–Trinajstić information content (AvgIpc) is 2.75. The number of hydrogen-bond acceptors (Lipinski definition) is 4. The van der Waals surface area contributed by atoms with Gasteiger partial charge in [0.05, 0.1) is 6.61 Å². The van der Waals surface area contributed by atoms with Gasteiger partial charge in [-0.2, -0.15) is 0 Å². The van der Waals surface area contributed by atoms with Crippen LogP contribution in [-0.2, 0) is 4.74 Å². The van der Waals surface area contributed by atoms with Crippen molar-refractivity contribution in [3.05, 3.63) is 65.2 Å². The van der Waals surface area contributed by atoms with Crippen LogP contribution in [0.15, 0.2) is 48.5 Å². The van der Waals surface area contributed by atoms with E-state index in [-0.39, 0.29) is 17.9 Å². The SMILES string of the molecule is CCOC(=O)N1CCN(C(=O)c2ccc(C(=O)Nc3ccc(C)cc3)cc2)CC1. The van der Waals surface area contributed by atoms with Gasteiger partial charge in [0.15, 0.2) is 0 Å². The van der Waals surface area contributed by atoms with Crippen LogP contribution in [0.4, 0.5) is 10.5 Å². The summed E-state index contributed by atoms with van der Waals surface area (Å²) in [6.07, 6.45) is -0.344. The molecule has 29 heavy (non-hydrogen) atoms. The molecule has 0 saturated carbocycles. The van der Waals surface area contributed by atoms with Crippen LogP contribution in [0.3, 0.4) is 0 Å². The van der Waals surface area contributed by atoms with Gasteiger partial charge in [-0.25, -0.2) is 4.79 Å². The number of rotatable bonds is 4. The summed E-state index contributed by atoms with van der Waals surface area (Å²) in [5.41, 5.74) is 2.84. The van der Waals surface area contributed by atoms with Gasteiger partial charge in [-0.15, -0.1) is 0 Å². The van der Waals surface area contributed by atoms with E-state index >= 15 is 0 Å². The third kappa shape index (κ3) is 5.13. The number of piperazine rings is 1. The van der Waals surface area contributed by atoms with Crippen molar-refractivity contribution in [1.82, 2.24) is 9.80 Å². The molecule has 1 aliphatic rings. The van der Waals surface area contributed by atoms with E-state index in [0.29, 0.717) is 43.9 Å². The average molecular weight is 395 g/mol. The topological polar surface area (TPSA) is 79.0 Å². The number of nitrogens with one attached hydrogen (secondary N) is 1. The summed E-state index contributed by atoms with van der Waals surface area (Å²) in [4.78, 5) is 40.1. The molecule has 1 aliphatic heterocycles. The predicted molar refractivity (Wildman–Crippen MR) is 110 cm³/mol. The number of carbonyl (C=O) groups is 3. The molecular weight excluding hydrogens is 370 g/mol. The van der Waals surface area contributed by atoms with E-state index in [2.05, 4.69) is 5.32 Å². The minimum absolute atomic E-state index is 0.112. The number of ether oxygens (including phenoxy) is 1. The van der Waals surface area contributed by atoms with Crippen LogP contribution >= 0.6 is 0 Å². The predicted octanol–water partition coefficient (Wildman–Crippen LogP) is 3.16. The van der Waals surface area contributed by atoms with Gasteiger partial charge in [0.1, 0.15) is 0 Å². The Balaban J connectivity index is 1.57. The third-order valence-electron chi connectivity index (χ3n) is 4.80. The number of carbonyl (C=O) groups excluding carboxylic acids is 3. The molecule has 0 radical (unpaired) electrons. The van der Waals surface area contributed by atoms with Gasteiger partial charge in [0.25, 0.3) is 11.8 Å². The Bertz CT molecular complexity index is 870. The molecule has 0 unspecified atom stereocenters. The van der Waals surface area contributed by atoms with Crippen molar-refractivity contribution < 1.29 is 19.1 Å². The standard InChI is InChI=1S/C22H25N3O4/c1-3-29-22(28)25-14-12-24(13-15-25)21(27)18-8-6-17(7-9-18)20(26)23-19-10-4-16(2)5-11-19/h4-11H,3,12-15H2,1-2H3,(H,23,26). The quantitative estimate of drug-likeness (QED) is 0.863. The minimum Gasteiger partial charge on any atom is -0.450 e. The van der Waals surface area contributed by atoms with Gasteiger partial charge in [-0.05, 0) is 50.2 Å². The van der Waals surface area contributed by atoms with Crippen molar-refractivity contribution in [2.45, 2.75) is 13.8 Å². The van der Waals surface area contributed by atoms with Crippen LogP contribution in [0.1, 0.15) is 33.2 Å². The number of nitrogens with zero attached hydrogens (tertiary/aromatic N) is 2. The highest BCUT2D eigenvalue weighted by molar-refractivity contribution is 6.05. The molecule has 2 aromatic rings. The lowest BCUT2D eigenvalue weighted by atomic mass is 10.1. The maximum Gasteiger partial charge on any atom is 0.409 e. The molecule has 3 amide bonds. The zero-order chi connectivity index (χ0) is 20.8. The van der Waals surface area contributed by atoms with Gasteiger partial charge in [0.2, 0.25) is 0 Å². The van der Waals surface area contributed by atoms with E-state index in [1.165, 1.54) is 0 Å². The second-order valence-corrected chi connectivity index (χ2v) is 6.88. The molecule has 7 heteroatoms. The van der Waals surface area contributed by atoms with Gasteiger partial charge in [0, 0.05) is 43.0 Å². The van der Waals surface area contributed by atoms with Crippen molar-refractivity contribution in [3.63, 3.8) is 0 Å². The highest BCUT2D eigenvalue weighted by atomic mass is 16.6. The summed E-state index contributed by atoms with van der Waals surface area (Å²) in [5.74, 6) is -0.338. The zero-order valence-corrected chi connectivity index (χ0v) is 16.7. The van der Waals surface area contributed by atoms with Crippen LogP contribution in [0.2, 0.25) is 0 Å². The summed E-state index contributed by atoms with van der Waals surface area (Å²) >= 11 is 0. The van der Waals surface area contributed by atoms with E-state index < -0.39 is 0 Å². The van der Waals surface area contributed by atoms with Crippen molar-refractivity contribution in [2.75, 3.05) is 38.1 Å². The Morgan fingerprint density at radius 2 is 1.41 bits per heavy atom. The Morgan fingerprint density at radius 1 is 0.862 bits per heavy atom. The molecule has 2 aromatic carbocycles. The third-order valence-corrected chi connectivity index (χ3v) is 4.80. The van der Waals surface area contributed by atoms with Crippen LogP contribution in [0, 0.1) is 6.92 Å².